The lowest BCUT2D eigenvalue weighted by atomic mass is 9.90. The van der Waals surface area contributed by atoms with E-state index in [0.717, 1.165) is 12.8 Å². The Morgan fingerprint density at radius 3 is 2.96 bits per heavy atom. The Labute approximate surface area is 150 Å². The zero-order valence-electron chi connectivity index (χ0n) is 14.2. The minimum atomic E-state index is -0.437. The van der Waals surface area contributed by atoms with E-state index in [9.17, 15) is 9.59 Å². The van der Waals surface area contributed by atoms with Crippen molar-refractivity contribution in [2.75, 3.05) is 7.11 Å². The van der Waals surface area contributed by atoms with Gasteiger partial charge >= 0.3 is 5.97 Å². The summed E-state index contributed by atoms with van der Waals surface area (Å²) >= 11 is 1.54. The maximum Gasteiger partial charge on any atom is 0.338 e. The highest BCUT2D eigenvalue weighted by molar-refractivity contribution is 7.14. The molecule has 0 saturated heterocycles. The first-order chi connectivity index (χ1) is 12.1. The molecular weight excluding hydrogens is 336 g/mol. The van der Waals surface area contributed by atoms with Gasteiger partial charge in [-0.2, -0.15) is 5.10 Å². The van der Waals surface area contributed by atoms with Gasteiger partial charge in [-0.05, 0) is 42.9 Å². The number of carbonyl (C=O) groups excluding carboxylic acids is 2. The number of hydrogen-bond acceptors (Lipinski definition) is 5. The molecule has 0 bridgehead atoms. The van der Waals surface area contributed by atoms with Gasteiger partial charge in [0.1, 0.15) is 0 Å². The molecule has 25 heavy (non-hydrogen) atoms. The van der Waals surface area contributed by atoms with Crippen LogP contribution in [0.25, 0.3) is 0 Å². The average Bonchev–Trinajstić information content (AvgIpc) is 3.04. The second kappa shape index (κ2) is 7.61. The molecule has 5 nitrogen and oxygen atoms in total. The number of hydrogen-bond donors (Lipinski definition) is 1. The average molecular weight is 356 g/mol. The van der Waals surface area contributed by atoms with Crippen molar-refractivity contribution in [3.8, 4) is 0 Å². The third kappa shape index (κ3) is 3.96. The molecule has 1 N–H and O–H groups in total. The van der Waals surface area contributed by atoms with Gasteiger partial charge in [0.05, 0.1) is 23.8 Å². The Morgan fingerprint density at radius 2 is 2.16 bits per heavy atom. The summed E-state index contributed by atoms with van der Waals surface area (Å²) in [6.45, 7) is 2.24. The van der Waals surface area contributed by atoms with Crippen LogP contribution in [0.5, 0.6) is 0 Å². The summed E-state index contributed by atoms with van der Waals surface area (Å²) in [5.74, 6) is 0.0122. The third-order valence-corrected chi connectivity index (χ3v) is 5.52. The van der Waals surface area contributed by atoms with E-state index in [1.807, 2.05) is 6.07 Å². The molecule has 6 heteroatoms. The first-order valence-corrected chi connectivity index (χ1v) is 9.02. The van der Waals surface area contributed by atoms with Crippen LogP contribution in [0.4, 0.5) is 0 Å². The molecule has 130 valence electrons. The van der Waals surface area contributed by atoms with Gasteiger partial charge < -0.3 is 4.74 Å². The number of ether oxygens (including phenoxy) is 1. The summed E-state index contributed by atoms with van der Waals surface area (Å²) in [6.07, 6.45) is 4.72. The molecule has 1 aliphatic rings. The number of amides is 1. The molecule has 1 aliphatic carbocycles. The third-order valence-electron chi connectivity index (χ3n) is 4.29. The Bertz CT molecular complexity index is 826. The van der Waals surface area contributed by atoms with Crippen molar-refractivity contribution < 1.29 is 14.3 Å². The smallest absolute Gasteiger partial charge is 0.338 e. The molecule has 2 aromatic rings. The fourth-order valence-corrected chi connectivity index (χ4v) is 4.04. The van der Waals surface area contributed by atoms with E-state index >= 15 is 0 Å². The van der Waals surface area contributed by atoms with Gasteiger partial charge in [-0.3, -0.25) is 4.79 Å². The highest BCUT2D eigenvalue weighted by Crippen LogP contribution is 2.32. The molecule has 0 unspecified atom stereocenters. The van der Waals surface area contributed by atoms with E-state index in [-0.39, 0.29) is 5.91 Å². The van der Waals surface area contributed by atoms with Gasteiger partial charge in [0.15, 0.2) is 0 Å². The van der Waals surface area contributed by atoms with Crippen molar-refractivity contribution >= 4 is 29.4 Å². The van der Waals surface area contributed by atoms with Crippen molar-refractivity contribution in [1.82, 2.24) is 5.43 Å². The largest absolute Gasteiger partial charge is 0.465 e. The summed E-state index contributed by atoms with van der Waals surface area (Å²) in [7, 11) is 1.33. The standard InChI is InChI=1S/C19H20N2O3S/c1-12-7-8-16-14(9-12)10-17(25-16)18(22)21-20-11-13-5-3-4-6-15(13)19(23)24-2/h3-6,10-12H,7-9H2,1-2H3,(H,21,22)/b20-11-/t12-/m0/s1. The first kappa shape index (κ1) is 17.4. The molecule has 0 spiro atoms. The van der Waals surface area contributed by atoms with E-state index in [2.05, 4.69) is 17.5 Å². The number of benzene rings is 1. The fraction of sp³-hybridized carbons (Fsp3) is 0.316. The summed E-state index contributed by atoms with van der Waals surface area (Å²) in [6, 6.07) is 8.92. The quantitative estimate of drug-likeness (QED) is 0.518. The lowest BCUT2D eigenvalue weighted by Gasteiger charge is -2.16. The van der Waals surface area contributed by atoms with Gasteiger partial charge in [0.2, 0.25) is 0 Å². The molecule has 1 amide bonds. The van der Waals surface area contributed by atoms with E-state index in [1.165, 1.54) is 30.2 Å². The van der Waals surface area contributed by atoms with Crippen molar-refractivity contribution in [1.29, 1.82) is 0 Å². The number of carbonyl (C=O) groups is 2. The molecular formula is C19H20N2O3S. The molecule has 3 rings (SSSR count). The SMILES string of the molecule is COC(=O)c1ccccc1/C=N\NC(=O)c1cc2c(s1)CC[C@H](C)C2. The molecule has 1 atom stereocenters. The number of fused-ring (bicyclic) bond motifs is 1. The number of nitrogens with one attached hydrogen (secondary N) is 1. The lowest BCUT2D eigenvalue weighted by molar-refractivity contribution is 0.0600. The van der Waals surface area contributed by atoms with E-state index in [1.54, 1.807) is 35.6 Å². The number of hydrazone groups is 1. The summed E-state index contributed by atoms with van der Waals surface area (Å²) in [5, 5.41) is 3.99. The molecule has 0 fully saturated rings. The van der Waals surface area contributed by atoms with Gasteiger partial charge in [-0.25, -0.2) is 10.2 Å². The Morgan fingerprint density at radius 1 is 1.36 bits per heavy atom. The first-order valence-electron chi connectivity index (χ1n) is 8.21. The van der Waals surface area contributed by atoms with Crippen LogP contribution in [0.2, 0.25) is 0 Å². The van der Waals surface area contributed by atoms with Gasteiger partial charge in [0, 0.05) is 10.4 Å². The molecule has 1 aromatic carbocycles. The molecule has 1 aromatic heterocycles. The predicted molar refractivity (Wildman–Crippen MR) is 98.3 cm³/mol. The highest BCUT2D eigenvalue weighted by atomic mass is 32.1. The number of rotatable bonds is 4. The monoisotopic (exact) mass is 356 g/mol. The van der Waals surface area contributed by atoms with Crippen molar-refractivity contribution in [3.63, 3.8) is 0 Å². The molecule has 1 heterocycles. The minimum absolute atomic E-state index is 0.223. The Kier molecular flexibility index (Phi) is 5.28. The normalized spacial score (nSPS) is 16.5. The number of thiophene rings is 1. The van der Waals surface area contributed by atoms with E-state index in [0.29, 0.717) is 21.9 Å². The number of esters is 1. The number of nitrogens with zero attached hydrogens (tertiary/aromatic N) is 1. The maximum absolute atomic E-state index is 12.3. The Balaban J connectivity index is 1.69. The van der Waals surface area contributed by atoms with E-state index in [4.69, 9.17) is 4.74 Å². The molecule has 0 radical (unpaired) electrons. The fourth-order valence-electron chi connectivity index (χ4n) is 2.94. The zero-order valence-corrected chi connectivity index (χ0v) is 15.1. The van der Waals surface area contributed by atoms with Crippen molar-refractivity contribution in [3.05, 3.63) is 56.8 Å². The van der Waals surface area contributed by atoms with Crippen molar-refractivity contribution in [2.45, 2.75) is 26.2 Å². The van der Waals surface area contributed by atoms with Crippen LogP contribution >= 0.6 is 11.3 Å². The van der Waals surface area contributed by atoms with Crippen LogP contribution in [0.3, 0.4) is 0 Å². The second-order valence-corrected chi connectivity index (χ2v) is 7.32. The zero-order chi connectivity index (χ0) is 17.8. The summed E-state index contributed by atoms with van der Waals surface area (Å²) in [4.78, 5) is 26.0. The molecule has 0 aliphatic heterocycles. The maximum atomic E-state index is 12.3. The second-order valence-electron chi connectivity index (χ2n) is 6.18. The Hall–Kier alpha value is -2.47. The summed E-state index contributed by atoms with van der Waals surface area (Å²) < 4.78 is 4.74. The van der Waals surface area contributed by atoms with Crippen LogP contribution < -0.4 is 5.43 Å². The van der Waals surface area contributed by atoms with Gasteiger partial charge in [-0.15, -0.1) is 11.3 Å². The van der Waals surface area contributed by atoms with Crippen molar-refractivity contribution in [2.24, 2.45) is 11.0 Å². The number of aryl methyl sites for hydroxylation is 1. The number of methoxy groups -OCH3 is 1. The lowest BCUT2D eigenvalue weighted by Crippen LogP contribution is -2.16. The van der Waals surface area contributed by atoms with Crippen LogP contribution in [0.15, 0.2) is 35.4 Å². The van der Waals surface area contributed by atoms with E-state index < -0.39 is 5.97 Å². The van der Waals surface area contributed by atoms with Gasteiger partial charge in [0.25, 0.3) is 5.91 Å². The summed E-state index contributed by atoms with van der Waals surface area (Å²) in [5.41, 5.74) is 4.82. The van der Waals surface area contributed by atoms with Crippen LogP contribution in [-0.2, 0) is 17.6 Å². The molecule has 0 saturated carbocycles. The van der Waals surface area contributed by atoms with Gasteiger partial charge in [-0.1, -0.05) is 25.1 Å². The predicted octanol–water partition coefficient (Wildman–Crippen LogP) is 3.42. The van der Waals surface area contributed by atoms with Crippen LogP contribution in [-0.4, -0.2) is 25.2 Å². The minimum Gasteiger partial charge on any atom is -0.465 e. The van der Waals surface area contributed by atoms with Crippen LogP contribution in [0, 0.1) is 5.92 Å². The van der Waals surface area contributed by atoms with Crippen LogP contribution in [0.1, 0.15) is 49.4 Å². The topological polar surface area (TPSA) is 67.8 Å². The highest BCUT2D eigenvalue weighted by Gasteiger charge is 2.20.